The Morgan fingerprint density at radius 2 is 1.95 bits per heavy atom. The summed E-state index contributed by atoms with van der Waals surface area (Å²) < 4.78 is 33.0. The number of sulfonamides is 1. The molecule has 19 heavy (non-hydrogen) atoms. The summed E-state index contributed by atoms with van der Waals surface area (Å²) in [5.41, 5.74) is -0.764. The number of ether oxygens (including phenoxy) is 1. The molecule has 2 saturated carbocycles. The summed E-state index contributed by atoms with van der Waals surface area (Å²) in [5.74, 6) is 0.581. The number of nitrogens with zero attached hydrogens (tertiary/aromatic N) is 1. The minimum absolute atomic E-state index is 0.0186. The van der Waals surface area contributed by atoms with Gasteiger partial charge in [0.1, 0.15) is 5.56 Å². The van der Waals surface area contributed by atoms with Crippen LogP contribution < -0.4 is 0 Å². The smallest absolute Gasteiger partial charge is 0.218 e. The molecule has 3 fully saturated rings. The van der Waals surface area contributed by atoms with Crippen molar-refractivity contribution in [2.45, 2.75) is 69.0 Å². The third kappa shape index (κ3) is 1.88. The van der Waals surface area contributed by atoms with Crippen molar-refractivity contribution in [2.75, 3.05) is 0 Å². The summed E-state index contributed by atoms with van der Waals surface area (Å²) in [6.07, 6.45) is 1.67. The summed E-state index contributed by atoms with van der Waals surface area (Å²) in [6, 6.07) is -0.0186. The molecule has 2 bridgehead atoms. The van der Waals surface area contributed by atoms with Crippen LogP contribution in [0.25, 0.3) is 0 Å². The zero-order valence-electron chi connectivity index (χ0n) is 11.8. The van der Waals surface area contributed by atoms with E-state index in [4.69, 9.17) is 16.3 Å². The summed E-state index contributed by atoms with van der Waals surface area (Å²) in [6.45, 7) is 7.69. The Balaban J connectivity index is 2.02. The van der Waals surface area contributed by atoms with E-state index >= 15 is 0 Å². The number of fused-ring (bicyclic) bond motifs is 1. The molecule has 1 aliphatic heterocycles. The number of hydrogen-bond donors (Lipinski definition) is 0. The predicted octanol–water partition coefficient (Wildman–Crippen LogP) is 2.18. The Hall–Kier alpha value is 0.160. The van der Waals surface area contributed by atoms with Gasteiger partial charge in [-0.05, 0) is 52.4 Å². The van der Waals surface area contributed by atoms with Gasteiger partial charge in [-0.15, -0.1) is 0 Å². The SMILES string of the molecule is CC(Cl)OC1C2CC3C1N(C(C)(C)C)S(=O)(=O)C3C2. The second kappa shape index (κ2) is 4.09. The van der Waals surface area contributed by atoms with Gasteiger partial charge in [-0.1, -0.05) is 11.6 Å². The molecule has 110 valence electrons. The van der Waals surface area contributed by atoms with Gasteiger partial charge in [-0.25, -0.2) is 8.42 Å². The van der Waals surface area contributed by atoms with Gasteiger partial charge in [0.25, 0.3) is 0 Å². The summed E-state index contributed by atoms with van der Waals surface area (Å²) >= 11 is 5.97. The normalized spacial score (nSPS) is 45.8. The van der Waals surface area contributed by atoms with E-state index in [1.807, 2.05) is 20.8 Å². The van der Waals surface area contributed by atoms with Gasteiger partial charge in [-0.3, -0.25) is 0 Å². The first-order chi connectivity index (χ1) is 8.64. The third-order valence-electron chi connectivity index (χ3n) is 4.76. The van der Waals surface area contributed by atoms with Crippen LogP contribution in [-0.4, -0.2) is 41.2 Å². The molecule has 0 amide bonds. The molecule has 0 spiro atoms. The second-order valence-electron chi connectivity index (χ2n) is 7.08. The molecule has 0 aromatic carbocycles. The molecule has 1 saturated heterocycles. The number of rotatable bonds is 2. The molecule has 6 unspecified atom stereocenters. The van der Waals surface area contributed by atoms with Crippen LogP contribution in [0.1, 0.15) is 40.5 Å². The van der Waals surface area contributed by atoms with Gasteiger partial charge in [-0.2, -0.15) is 4.31 Å². The number of hydrogen-bond acceptors (Lipinski definition) is 3. The molecule has 6 heteroatoms. The fourth-order valence-electron chi connectivity index (χ4n) is 4.42. The number of alkyl halides is 1. The average Bonchev–Trinajstić information content (AvgIpc) is 2.78. The zero-order valence-corrected chi connectivity index (χ0v) is 13.4. The van der Waals surface area contributed by atoms with Crippen LogP contribution in [0.15, 0.2) is 0 Å². The highest BCUT2D eigenvalue weighted by Gasteiger charge is 2.68. The van der Waals surface area contributed by atoms with Crippen LogP contribution in [0.5, 0.6) is 0 Å². The maximum atomic E-state index is 12.7. The third-order valence-corrected chi connectivity index (χ3v) is 7.51. The van der Waals surface area contributed by atoms with E-state index in [1.165, 1.54) is 0 Å². The maximum Gasteiger partial charge on any atom is 0.218 e. The quantitative estimate of drug-likeness (QED) is 0.735. The van der Waals surface area contributed by atoms with Crippen molar-refractivity contribution in [3.63, 3.8) is 0 Å². The van der Waals surface area contributed by atoms with Crippen LogP contribution in [0.3, 0.4) is 0 Å². The fourth-order valence-corrected chi connectivity index (χ4v) is 7.42. The van der Waals surface area contributed by atoms with Gasteiger partial charge in [0.05, 0.1) is 17.4 Å². The molecule has 0 aromatic rings. The molecular formula is C13H22ClNO3S. The zero-order chi connectivity index (χ0) is 14.2. The molecular weight excluding hydrogens is 286 g/mol. The minimum atomic E-state index is -3.19. The first-order valence-corrected chi connectivity index (χ1v) is 8.91. The van der Waals surface area contributed by atoms with Gasteiger partial charge >= 0.3 is 0 Å². The molecule has 0 N–H and O–H groups in total. The van der Waals surface area contributed by atoms with Crippen molar-refractivity contribution in [2.24, 2.45) is 11.8 Å². The van der Waals surface area contributed by atoms with Gasteiger partial charge in [0, 0.05) is 5.54 Å². The minimum Gasteiger partial charge on any atom is -0.358 e. The Labute approximate surface area is 120 Å². The lowest BCUT2D eigenvalue weighted by Gasteiger charge is -2.38. The van der Waals surface area contributed by atoms with Gasteiger partial charge < -0.3 is 4.74 Å². The van der Waals surface area contributed by atoms with E-state index < -0.39 is 15.6 Å². The second-order valence-corrected chi connectivity index (χ2v) is 9.72. The van der Waals surface area contributed by atoms with Crippen LogP contribution in [-0.2, 0) is 14.8 Å². The average molecular weight is 308 g/mol. The van der Waals surface area contributed by atoms with E-state index in [0.29, 0.717) is 5.92 Å². The Bertz CT molecular complexity index is 485. The Kier molecular flexibility index (Phi) is 3.04. The summed E-state index contributed by atoms with van der Waals surface area (Å²) in [7, 11) is -3.19. The molecule has 6 atom stereocenters. The number of halogens is 1. The molecule has 0 aromatic heterocycles. The van der Waals surface area contributed by atoms with Crippen LogP contribution in [0.2, 0.25) is 0 Å². The molecule has 3 aliphatic rings. The molecule has 3 rings (SSSR count). The van der Waals surface area contributed by atoms with Gasteiger partial charge in [0.15, 0.2) is 0 Å². The van der Waals surface area contributed by atoms with E-state index in [0.717, 1.165) is 12.8 Å². The highest BCUT2D eigenvalue weighted by Crippen LogP contribution is 2.58. The molecule has 2 aliphatic carbocycles. The van der Waals surface area contributed by atoms with Crippen molar-refractivity contribution >= 4 is 21.6 Å². The fraction of sp³-hybridized carbons (Fsp3) is 1.00. The monoisotopic (exact) mass is 307 g/mol. The Morgan fingerprint density at radius 1 is 1.32 bits per heavy atom. The molecule has 4 nitrogen and oxygen atoms in total. The maximum absolute atomic E-state index is 12.7. The highest BCUT2D eigenvalue weighted by atomic mass is 35.5. The first kappa shape index (κ1) is 14.1. The van der Waals surface area contributed by atoms with E-state index in [2.05, 4.69) is 0 Å². The first-order valence-electron chi connectivity index (χ1n) is 6.97. The van der Waals surface area contributed by atoms with Crippen LogP contribution in [0, 0.1) is 11.8 Å². The summed E-state index contributed by atoms with van der Waals surface area (Å²) in [4.78, 5) is 0. The molecule has 0 radical (unpaired) electrons. The van der Waals surface area contributed by atoms with Crippen molar-refractivity contribution < 1.29 is 13.2 Å². The van der Waals surface area contributed by atoms with E-state index in [9.17, 15) is 8.42 Å². The Morgan fingerprint density at radius 3 is 2.47 bits per heavy atom. The largest absolute Gasteiger partial charge is 0.358 e. The predicted molar refractivity (Wildman–Crippen MR) is 74.5 cm³/mol. The topological polar surface area (TPSA) is 46.6 Å². The van der Waals surface area contributed by atoms with Crippen molar-refractivity contribution in [3.8, 4) is 0 Å². The highest BCUT2D eigenvalue weighted by molar-refractivity contribution is 7.90. The summed E-state index contributed by atoms with van der Waals surface area (Å²) in [5, 5.41) is -0.188. The van der Waals surface area contributed by atoms with Crippen molar-refractivity contribution in [1.82, 2.24) is 4.31 Å². The molecule has 1 heterocycles. The van der Waals surface area contributed by atoms with Crippen LogP contribution >= 0.6 is 11.6 Å². The van der Waals surface area contributed by atoms with E-state index in [1.54, 1.807) is 11.2 Å². The van der Waals surface area contributed by atoms with Crippen molar-refractivity contribution in [1.29, 1.82) is 0 Å². The standard InChI is InChI=1S/C13H22ClNO3S/c1-7(14)18-12-8-5-9-10(6-8)19(16,17)15(11(9)12)13(2,3)4/h7-12H,5-6H2,1-4H3. The van der Waals surface area contributed by atoms with Crippen LogP contribution in [0.4, 0.5) is 0 Å². The van der Waals surface area contributed by atoms with Gasteiger partial charge in [0.2, 0.25) is 10.0 Å². The lowest BCUT2D eigenvalue weighted by molar-refractivity contribution is -0.0355. The van der Waals surface area contributed by atoms with E-state index in [-0.39, 0.29) is 28.9 Å². The lowest BCUT2D eigenvalue weighted by Crippen LogP contribution is -2.52. The van der Waals surface area contributed by atoms with Crippen molar-refractivity contribution in [3.05, 3.63) is 0 Å². The lowest BCUT2D eigenvalue weighted by atomic mass is 9.90.